The van der Waals surface area contributed by atoms with E-state index in [1.54, 1.807) is 43.5 Å². The van der Waals surface area contributed by atoms with Crippen LogP contribution in [-0.2, 0) is 0 Å². The topological polar surface area (TPSA) is 76.7 Å². The van der Waals surface area contributed by atoms with Crippen molar-refractivity contribution < 1.29 is 19.1 Å². The Morgan fingerprint density at radius 2 is 1.58 bits per heavy atom. The molecule has 3 rings (SSSR count). The van der Waals surface area contributed by atoms with Crippen molar-refractivity contribution in [3.63, 3.8) is 0 Å². The number of fused-ring (bicyclic) bond motifs is 1. The Balaban J connectivity index is 1.95. The van der Waals surface area contributed by atoms with E-state index < -0.39 is 6.09 Å². The highest BCUT2D eigenvalue weighted by atomic mass is 16.6. The average Bonchev–Trinajstić information content (AvgIpc) is 2.67. The molecule has 0 bridgehead atoms. The molecule has 0 unspecified atom stereocenters. The van der Waals surface area contributed by atoms with E-state index in [0.717, 1.165) is 10.8 Å². The molecule has 0 radical (unpaired) electrons. The highest BCUT2D eigenvalue weighted by molar-refractivity contribution is 6.09. The summed E-state index contributed by atoms with van der Waals surface area (Å²) in [6.45, 7) is 0. The Bertz CT molecular complexity index is 952. The van der Waals surface area contributed by atoms with Crippen LogP contribution in [0, 0.1) is 0 Å². The summed E-state index contributed by atoms with van der Waals surface area (Å²) in [5, 5.41) is 6.92. The molecule has 2 amide bonds. The maximum atomic E-state index is 12.7. The smallest absolute Gasteiger partial charge is 0.412 e. The Hall–Kier alpha value is -3.54. The molecule has 0 fully saturated rings. The van der Waals surface area contributed by atoms with Crippen LogP contribution in [0.25, 0.3) is 10.8 Å². The molecule has 0 aliphatic rings. The van der Waals surface area contributed by atoms with Gasteiger partial charge >= 0.3 is 6.09 Å². The van der Waals surface area contributed by atoms with Crippen LogP contribution in [0.2, 0.25) is 0 Å². The highest BCUT2D eigenvalue weighted by Gasteiger charge is 2.17. The minimum Gasteiger partial charge on any atom is -0.497 e. The first-order chi connectivity index (χ1) is 12.6. The monoisotopic (exact) mass is 350 g/mol. The molecule has 3 aromatic carbocycles. The molecule has 132 valence electrons. The number of rotatable bonds is 4. The molecule has 0 aliphatic carbocycles. The molecule has 0 aromatic heterocycles. The van der Waals surface area contributed by atoms with Crippen molar-refractivity contribution in [2.45, 2.75) is 0 Å². The second-order valence-electron chi connectivity index (χ2n) is 5.52. The number of carbonyl (C=O) groups excluding carboxylic acids is 2. The first kappa shape index (κ1) is 17.3. The third-order valence-electron chi connectivity index (χ3n) is 3.85. The number of anilines is 1. The van der Waals surface area contributed by atoms with Gasteiger partial charge in [-0.2, -0.15) is 0 Å². The lowest BCUT2D eigenvalue weighted by Gasteiger charge is -2.12. The minimum atomic E-state index is -0.640. The Morgan fingerprint density at radius 3 is 2.19 bits per heavy atom. The number of ether oxygens (including phenoxy) is 2. The average molecular weight is 350 g/mol. The van der Waals surface area contributed by atoms with E-state index >= 15 is 0 Å². The zero-order valence-corrected chi connectivity index (χ0v) is 14.4. The van der Waals surface area contributed by atoms with Crippen LogP contribution >= 0.6 is 0 Å². The summed E-state index contributed by atoms with van der Waals surface area (Å²) in [6, 6.07) is 17.9. The third-order valence-corrected chi connectivity index (χ3v) is 3.85. The van der Waals surface area contributed by atoms with Crippen molar-refractivity contribution in [3.8, 4) is 11.5 Å². The molecule has 0 aliphatic heterocycles. The van der Waals surface area contributed by atoms with E-state index in [0.29, 0.717) is 11.4 Å². The molecular weight excluding hydrogens is 332 g/mol. The lowest BCUT2D eigenvalue weighted by molar-refractivity contribution is 0.102. The lowest BCUT2D eigenvalue weighted by Crippen LogP contribution is -2.24. The summed E-state index contributed by atoms with van der Waals surface area (Å²) in [6.07, 6.45) is -0.640. The van der Waals surface area contributed by atoms with Gasteiger partial charge in [-0.05, 0) is 47.2 Å². The normalized spacial score (nSPS) is 10.2. The maximum absolute atomic E-state index is 12.7. The van der Waals surface area contributed by atoms with Gasteiger partial charge in [0.2, 0.25) is 0 Å². The number of hydrogen-bond acceptors (Lipinski definition) is 4. The molecule has 0 saturated heterocycles. The zero-order chi connectivity index (χ0) is 18.5. The lowest BCUT2D eigenvalue weighted by atomic mass is 10.1. The summed E-state index contributed by atoms with van der Waals surface area (Å²) >= 11 is 0. The predicted octanol–water partition coefficient (Wildman–Crippen LogP) is 3.82. The van der Waals surface area contributed by atoms with E-state index in [-0.39, 0.29) is 17.2 Å². The number of amides is 2. The summed E-state index contributed by atoms with van der Waals surface area (Å²) < 4.78 is 10.4. The molecule has 6 heteroatoms. The van der Waals surface area contributed by atoms with Gasteiger partial charge in [0.1, 0.15) is 11.5 Å². The van der Waals surface area contributed by atoms with Crippen LogP contribution in [0.5, 0.6) is 11.5 Å². The fourth-order valence-electron chi connectivity index (χ4n) is 2.50. The summed E-state index contributed by atoms with van der Waals surface area (Å²) in [5.74, 6) is 0.506. The second-order valence-corrected chi connectivity index (χ2v) is 5.52. The summed E-state index contributed by atoms with van der Waals surface area (Å²) in [5.41, 5.74) is 0.873. The molecule has 26 heavy (non-hydrogen) atoms. The van der Waals surface area contributed by atoms with Crippen molar-refractivity contribution in [3.05, 3.63) is 66.2 Å². The van der Waals surface area contributed by atoms with Gasteiger partial charge in [0.05, 0.1) is 12.7 Å². The number of benzene rings is 3. The number of nitrogens with one attached hydrogen (secondary N) is 2. The molecule has 6 nitrogen and oxygen atoms in total. The quantitative estimate of drug-likeness (QED) is 0.750. The van der Waals surface area contributed by atoms with Crippen molar-refractivity contribution in [2.24, 2.45) is 0 Å². The van der Waals surface area contributed by atoms with Gasteiger partial charge in [0.25, 0.3) is 5.91 Å². The van der Waals surface area contributed by atoms with Gasteiger partial charge in [-0.1, -0.05) is 24.3 Å². The minimum absolute atomic E-state index is 0.189. The van der Waals surface area contributed by atoms with Crippen LogP contribution in [0.1, 0.15) is 10.4 Å². The largest absolute Gasteiger partial charge is 0.497 e. The van der Waals surface area contributed by atoms with E-state index in [4.69, 9.17) is 9.47 Å². The van der Waals surface area contributed by atoms with E-state index in [9.17, 15) is 9.59 Å². The number of carbonyl (C=O) groups is 2. The van der Waals surface area contributed by atoms with Crippen LogP contribution in [-0.4, -0.2) is 26.2 Å². The van der Waals surface area contributed by atoms with Crippen molar-refractivity contribution in [1.29, 1.82) is 0 Å². The Labute approximate surface area is 150 Å². The van der Waals surface area contributed by atoms with Crippen molar-refractivity contribution in [1.82, 2.24) is 5.32 Å². The van der Waals surface area contributed by atoms with Crippen molar-refractivity contribution >= 4 is 28.5 Å². The van der Waals surface area contributed by atoms with Gasteiger partial charge in [-0.25, -0.2) is 4.79 Å². The van der Waals surface area contributed by atoms with E-state index in [1.807, 2.05) is 24.3 Å². The van der Waals surface area contributed by atoms with Gasteiger partial charge in [0.15, 0.2) is 0 Å². The van der Waals surface area contributed by atoms with E-state index in [1.165, 1.54) is 7.05 Å². The van der Waals surface area contributed by atoms with Gasteiger partial charge < -0.3 is 20.1 Å². The Kier molecular flexibility index (Phi) is 5.03. The summed E-state index contributed by atoms with van der Waals surface area (Å²) in [7, 11) is 3.03. The van der Waals surface area contributed by atoms with Crippen LogP contribution in [0.15, 0.2) is 60.7 Å². The Morgan fingerprint density at radius 1 is 0.923 bits per heavy atom. The molecule has 0 atom stereocenters. The first-order valence-electron chi connectivity index (χ1n) is 7.98. The fraction of sp³-hybridized carbons (Fsp3) is 0.100. The van der Waals surface area contributed by atoms with Gasteiger partial charge in [-0.3, -0.25) is 4.79 Å². The number of hydrogen-bond donors (Lipinski definition) is 2. The molecular formula is C20H18N2O4. The highest BCUT2D eigenvalue weighted by Crippen LogP contribution is 2.27. The molecule has 0 saturated carbocycles. The van der Waals surface area contributed by atoms with Crippen molar-refractivity contribution in [2.75, 3.05) is 19.5 Å². The number of methoxy groups -OCH3 is 1. The maximum Gasteiger partial charge on any atom is 0.412 e. The van der Waals surface area contributed by atoms with Crippen LogP contribution in [0.4, 0.5) is 10.5 Å². The van der Waals surface area contributed by atoms with Crippen LogP contribution in [0.3, 0.4) is 0 Å². The molecule has 0 heterocycles. The van der Waals surface area contributed by atoms with Crippen LogP contribution < -0.4 is 20.1 Å². The second kappa shape index (κ2) is 7.57. The summed E-state index contributed by atoms with van der Waals surface area (Å²) in [4.78, 5) is 24.4. The molecule has 3 aromatic rings. The van der Waals surface area contributed by atoms with Gasteiger partial charge in [-0.15, -0.1) is 0 Å². The van der Waals surface area contributed by atoms with E-state index in [2.05, 4.69) is 10.6 Å². The fourth-order valence-corrected chi connectivity index (χ4v) is 2.50. The standard InChI is InChI=1S/C20H18N2O4/c1-21-20(24)26-18-12-14-6-4-3-5-13(14)11-17(18)19(23)22-15-7-9-16(25-2)10-8-15/h3-12H,1-2H3,(H,21,24)(H,22,23). The van der Waals surface area contributed by atoms with Gasteiger partial charge in [0, 0.05) is 12.7 Å². The SMILES string of the molecule is CNC(=O)Oc1cc2ccccc2cc1C(=O)Nc1ccc(OC)cc1. The third kappa shape index (κ3) is 3.75. The molecule has 2 N–H and O–H groups in total. The predicted molar refractivity (Wildman–Crippen MR) is 100.0 cm³/mol. The molecule has 0 spiro atoms. The zero-order valence-electron chi connectivity index (χ0n) is 14.4. The first-order valence-corrected chi connectivity index (χ1v) is 7.98.